The number of benzene rings is 1. The maximum absolute atomic E-state index is 4.18. The van der Waals surface area contributed by atoms with Gasteiger partial charge >= 0.3 is 0 Å². The molecule has 0 saturated heterocycles. The molecule has 1 aromatic heterocycles. The van der Waals surface area contributed by atoms with Crippen molar-refractivity contribution in [2.24, 2.45) is 0 Å². The highest BCUT2D eigenvalue weighted by atomic mass is 14.6. The number of nitrogens with zero attached hydrogens (tertiary/aromatic N) is 1. The van der Waals surface area contributed by atoms with Crippen LogP contribution < -0.4 is 0 Å². The summed E-state index contributed by atoms with van der Waals surface area (Å²) in [5, 5.41) is 0. The van der Waals surface area contributed by atoms with Gasteiger partial charge in [-0.1, -0.05) is 36.4 Å². The lowest BCUT2D eigenvalue weighted by Gasteiger charge is -2.11. The fourth-order valence-corrected chi connectivity index (χ4v) is 2.19. The first kappa shape index (κ1) is 9.34. The van der Waals surface area contributed by atoms with Gasteiger partial charge in [-0.3, -0.25) is 4.98 Å². The summed E-state index contributed by atoms with van der Waals surface area (Å²) in [6.45, 7) is 0. The van der Waals surface area contributed by atoms with Crippen molar-refractivity contribution < 1.29 is 0 Å². The van der Waals surface area contributed by atoms with Crippen molar-refractivity contribution in [1.29, 1.82) is 0 Å². The minimum Gasteiger partial charge on any atom is -0.264 e. The van der Waals surface area contributed by atoms with Gasteiger partial charge in [-0.25, -0.2) is 0 Å². The van der Waals surface area contributed by atoms with Crippen LogP contribution in [-0.4, -0.2) is 4.98 Å². The molecule has 0 N–H and O–H groups in total. The molecule has 3 rings (SSSR count). The number of hydrogen-bond acceptors (Lipinski definition) is 1. The summed E-state index contributed by atoms with van der Waals surface area (Å²) in [4.78, 5) is 4.18. The van der Waals surface area contributed by atoms with E-state index < -0.39 is 0 Å². The van der Waals surface area contributed by atoms with E-state index >= 15 is 0 Å². The molecule has 1 aliphatic carbocycles. The minimum atomic E-state index is 1.10. The molecule has 1 aliphatic rings. The second-order valence-electron chi connectivity index (χ2n) is 4.11. The third-order valence-corrected chi connectivity index (χ3v) is 3.11. The van der Waals surface area contributed by atoms with Crippen LogP contribution >= 0.6 is 0 Å². The Kier molecular flexibility index (Phi) is 2.30. The van der Waals surface area contributed by atoms with E-state index in [9.17, 15) is 0 Å². The van der Waals surface area contributed by atoms with Gasteiger partial charge in [0.05, 0.1) is 0 Å². The molecule has 0 saturated carbocycles. The van der Waals surface area contributed by atoms with Gasteiger partial charge in [-0.15, -0.1) is 0 Å². The lowest BCUT2D eigenvalue weighted by molar-refractivity contribution is 0.947. The third-order valence-electron chi connectivity index (χ3n) is 3.11. The van der Waals surface area contributed by atoms with Crippen LogP contribution in [0.2, 0.25) is 0 Å². The Balaban J connectivity index is 2.10. The highest BCUT2D eigenvalue weighted by Crippen LogP contribution is 2.21. The summed E-state index contributed by atoms with van der Waals surface area (Å²) in [5.74, 6) is 0. The quantitative estimate of drug-likeness (QED) is 0.645. The molecular formula is C15H13N. The summed E-state index contributed by atoms with van der Waals surface area (Å²) in [7, 11) is 0. The van der Waals surface area contributed by atoms with Crippen molar-refractivity contribution in [1.82, 2.24) is 4.98 Å². The molecule has 16 heavy (non-hydrogen) atoms. The van der Waals surface area contributed by atoms with Crippen molar-refractivity contribution in [3.63, 3.8) is 0 Å². The minimum absolute atomic E-state index is 1.10. The lowest BCUT2D eigenvalue weighted by Crippen LogP contribution is -1.99. The van der Waals surface area contributed by atoms with Crippen LogP contribution in [0.3, 0.4) is 0 Å². The van der Waals surface area contributed by atoms with Gasteiger partial charge in [0, 0.05) is 12.4 Å². The Morgan fingerprint density at radius 2 is 1.56 bits per heavy atom. The van der Waals surface area contributed by atoms with Crippen molar-refractivity contribution in [3.05, 3.63) is 65.0 Å². The molecule has 1 heteroatoms. The zero-order chi connectivity index (χ0) is 10.8. The summed E-state index contributed by atoms with van der Waals surface area (Å²) in [5.41, 5.74) is 5.40. The first-order chi connectivity index (χ1) is 7.93. The molecule has 0 aliphatic heterocycles. The number of rotatable bonds is 0. The Bertz CT molecular complexity index is 491. The second kappa shape index (κ2) is 3.93. The van der Waals surface area contributed by atoms with E-state index in [0.717, 1.165) is 12.8 Å². The predicted molar refractivity (Wildman–Crippen MR) is 67.0 cm³/mol. The molecule has 2 aromatic rings. The third kappa shape index (κ3) is 1.65. The summed E-state index contributed by atoms with van der Waals surface area (Å²) >= 11 is 0. The molecule has 0 atom stereocenters. The standard InChI is InChI=1S/C15H13N/c1-2-4-13-7-8-15-11-16-10-9-14(15)6-5-12(13)3-1/h1-4,7-11H,5-6H2. The van der Waals surface area contributed by atoms with Crippen LogP contribution in [0.1, 0.15) is 22.3 Å². The average Bonchev–Trinajstić information content (AvgIpc) is 2.32. The fraction of sp³-hybridized carbons (Fsp3) is 0.133. The molecule has 1 aromatic carbocycles. The Morgan fingerprint density at radius 3 is 2.50 bits per heavy atom. The monoisotopic (exact) mass is 207 g/mol. The van der Waals surface area contributed by atoms with E-state index in [1.165, 1.54) is 22.3 Å². The van der Waals surface area contributed by atoms with Gasteiger partial charge in [-0.2, -0.15) is 0 Å². The van der Waals surface area contributed by atoms with Crippen LogP contribution in [0, 0.1) is 0 Å². The topological polar surface area (TPSA) is 12.9 Å². The highest BCUT2D eigenvalue weighted by molar-refractivity contribution is 5.73. The number of aryl methyl sites for hydroxylation is 2. The first-order valence-corrected chi connectivity index (χ1v) is 5.62. The molecular weight excluding hydrogens is 194 g/mol. The zero-order valence-corrected chi connectivity index (χ0v) is 9.06. The molecule has 78 valence electrons. The summed E-state index contributed by atoms with van der Waals surface area (Å²) in [6.07, 6.45) is 10.4. The zero-order valence-electron chi connectivity index (χ0n) is 9.06. The molecule has 0 radical (unpaired) electrons. The van der Waals surface area contributed by atoms with E-state index in [1.54, 1.807) is 0 Å². The number of aromatic nitrogens is 1. The molecule has 1 heterocycles. The van der Waals surface area contributed by atoms with Gasteiger partial charge in [0.25, 0.3) is 0 Å². The summed E-state index contributed by atoms with van der Waals surface area (Å²) in [6, 6.07) is 10.7. The fourth-order valence-electron chi connectivity index (χ4n) is 2.19. The van der Waals surface area contributed by atoms with Gasteiger partial charge in [-0.05, 0) is 41.2 Å². The van der Waals surface area contributed by atoms with Crippen LogP contribution in [-0.2, 0) is 12.8 Å². The van der Waals surface area contributed by atoms with Gasteiger partial charge in [0.15, 0.2) is 0 Å². The number of fused-ring (bicyclic) bond motifs is 2. The van der Waals surface area contributed by atoms with Crippen LogP contribution in [0.5, 0.6) is 0 Å². The largest absolute Gasteiger partial charge is 0.264 e. The van der Waals surface area contributed by atoms with Gasteiger partial charge < -0.3 is 0 Å². The van der Waals surface area contributed by atoms with E-state index in [0.29, 0.717) is 0 Å². The molecule has 0 amide bonds. The van der Waals surface area contributed by atoms with Crippen molar-refractivity contribution in [2.45, 2.75) is 12.8 Å². The first-order valence-electron chi connectivity index (χ1n) is 5.62. The number of pyridine rings is 1. The SMILES string of the molecule is C1=Cc2cnccc2CCc2ccccc21. The molecule has 1 nitrogen and oxygen atoms in total. The molecule has 0 spiro atoms. The highest BCUT2D eigenvalue weighted by Gasteiger charge is 2.06. The van der Waals surface area contributed by atoms with Crippen LogP contribution in [0.4, 0.5) is 0 Å². The molecule has 0 unspecified atom stereocenters. The Hall–Kier alpha value is -1.89. The van der Waals surface area contributed by atoms with Crippen molar-refractivity contribution in [3.8, 4) is 0 Å². The maximum Gasteiger partial charge on any atom is 0.0343 e. The van der Waals surface area contributed by atoms with E-state index in [1.807, 2.05) is 12.4 Å². The molecule has 0 bridgehead atoms. The van der Waals surface area contributed by atoms with Crippen LogP contribution in [0.15, 0.2) is 42.7 Å². The van der Waals surface area contributed by atoms with Crippen LogP contribution in [0.25, 0.3) is 12.2 Å². The number of hydrogen-bond donors (Lipinski definition) is 0. The normalized spacial score (nSPS) is 13.5. The van der Waals surface area contributed by atoms with Crippen molar-refractivity contribution in [2.75, 3.05) is 0 Å². The van der Waals surface area contributed by atoms with E-state index in [-0.39, 0.29) is 0 Å². The lowest BCUT2D eigenvalue weighted by atomic mass is 9.94. The average molecular weight is 207 g/mol. The van der Waals surface area contributed by atoms with E-state index in [2.05, 4.69) is 47.5 Å². The maximum atomic E-state index is 4.18. The van der Waals surface area contributed by atoms with Gasteiger partial charge in [0.2, 0.25) is 0 Å². The Morgan fingerprint density at radius 1 is 0.812 bits per heavy atom. The second-order valence-corrected chi connectivity index (χ2v) is 4.11. The predicted octanol–water partition coefficient (Wildman–Crippen LogP) is 3.35. The van der Waals surface area contributed by atoms with E-state index in [4.69, 9.17) is 0 Å². The van der Waals surface area contributed by atoms with Crippen molar-refractivity contribution >= 4 is 12.2 Å². The smallest absolute Gasteiger partial charge is 0.0343 e. The van der Waals surface area contributed by atoms with Gasteiger partial charge in [0.1, 0.15) is 0 Å². The molecule has 0 fully saturated rings. The summed E-state index contributed by atoms with van der Waals surface area (Å²) < 4.78 is 0. The Labute approximate surface area is 95.5 Å².